The highest BCUT2D eigenvalue weighted by molar-refractivity contribution is 7.12. The minimum atomic E-state index is -0.252. The Balaban J connectivity index is 1.67. The molecule has 0 saturated heterocycles. The number of amides is 1. The number of hydrogen-bond acceptors (Lipinski definition) is 5. The molecule has 1 amide bonds. The van der Waals surface area contributed by atoms with Gasteiger partial charge >= 0.3 is 0 Å². The van der Waals surface area contributed by atoms with Crippen LogP contribution >= 0.6 is 11.3 Å². The second-order valence-electron chi connectivity index (χ2n) is 7.32. The summed E-state index contributed by atoms with van der Waals surface area (Å²) in [5.74, 6) is 0.712. The van der Waals surface area contributed by atoms with E-state index in [1.54, 1.807) is 35.6 Å². The third kappa shape index (κ3) is 6.08. The lowest BCUT2D eigenvalue weighted by molar-refractivity contribution is -0.118. The van der Waals surface area contributed by atoms with Crippen LogP contribution in [-0.4, -0.2) is 24.9 Å². The van der Waals surface area contributed by atoms with Crippen molar-refractivity contribution in [2.24, 2.45) is 0 Å². The van der Waals surface area contributed by atoms with Gasteiger partial charge in [-0.25, -0.2) is 0 Å². The number of ether oxygens (including phenoxy) is 2. The van der Waals surface area contributed by atoms with Gasteiger partial charge < -0.3 is 14.8 Å². The Labute approximate surface area is 192 Å². The highest BCUT2D eigenvalue weighted by Crippen LogP contribution is 2.29. The van der Waals surface area contributed by atoms with E-state index in [9.17, 15) is 9.59 Å². The summed E-state index contributed by atoms with van der Waals surface area (Å²) in [7, 11) is 0. The molecule has 1 aromatic heterocycles. The van der Waals surface area contributed by atoms with Crippen molar-refractivity contribution in [2.75, 3.05) is 18.5 Å². The molecule has 0 bridgehead atoms. The lowest BCUT2D eigenvalue weighted by atomic mass is 10.1. The molecular weight excluding hydrogens is 422 g/mol. The zero-order valence-electron chi connectivity index (χ0n) is 18.7. The summed E-state index contributed by atoms with van der Waals surface area (Å²) < 4.78 is 11.4. The first kappa shape index (κ1) is 23.3. The van der Waals surface area contributed by atoms with Crippen LogP contribution in [0.15, 0.2) is 54.6 Å². The topological polar surface area (TPSA) is 64.6 Å². The van der Waals surface area contributed by atoms with Crippen LogP contribution in [0.1, 0.15) is 38.2 Å². The van der Waals surface area contributed by atoms with Crippen molar-refractivity contribution < 1.29 is 19.1 Å². The smallest absolute Gasteiger partial charge is 0.262 e. The number of carbonyl (C=O) groups is 2. The van der Waals surface area contributed by atoms with Crippen molar-refractivity contribution in [2.45, 2.75) is 27.7 Å². The van der Waals surface area contributed by atoms with Crippen LogP contribution in [0.5, 0.6) is 11.5 Å². The Morgan fingerprint density at radius 3 is 2.47 bits per heavy atom. The summed E-state index contributed by atoms with van der Waals surface area (Å²) in [6.07, 6.45) is 3.32. The molecule has 0 aliphatic heterocycles. The number of para-hydroxylation sites is 1. The van der Waals surface area contributed by atoms with E-state index in [1.807, 2.05) is 64.1 Å². The molecule has 5 nitrogen and oxygen atoms in total. The fourth-order valence-electron chi connectivity index (χ4n) is 3.20. The average molecular weight is 450 g/mol. The lowest BCUT2D eigenvalue weighted by Crippen LogP contribution is -2.20. The second kappa shape index (κ2) is 10.8. The van der Waals surface area contributed by atoms with Gasteiger partial charge in [0.25, 0.3) is 5.91 Å². The summed E-state index contributed by atoms with van der Waals surface area (Å²) in [5, 5.41) is 2.85. The second-order valence-corrected chi connectivity index (χ2v) is 8.78. The number of aryl methyl sites for hydroxylation is 3. The molecule has 1 heterocycles. The molecule has 0 fully saturated rings. The standard InChI is InChI=1S/C26H27NO4S/c1-5-30-25-15-20(10-12-23(28)21-14-18(3)32-19(21)4)11-13-24(25)31-16-26(29)27-22-9-7-6-8-17(22)2/h6-15H,5,16H2,1-4H3,(H,27,29)/b12-10+. The Morgan fingerprint density at radius 1 is 1.00 bits per heavy atom. The highest BCUT2D eigenvalue weighted by Gasteiger charge is 2.11. The molecule has 0 unspecified atom stereocenters. The first-order valence-electron chi connectivity index (χ1n) is 10.4. The van der Waals surface area contributed by atoms with Crippen LogP contribution in [0.4, 0.5) is 5.69 Å². The Bertz CT molecular complexity index is 1150. The highest BCUT2D eigenvalue weighted by atomic mass is 32.1. The quantitative estimate of drug-likeness (QED) is 0.322. The monoisotopic (exact) mass is 449 g/mol. The van der Waals surface area contributed by atoms with Gasteiger partial charge in [-0.15, -0.1) is 11.3 Å². The number of thiophene rings is 1. The van der Waals surface area contributed by atoms with E-state index in [1.165, 1.54) is 0 Å². The summed E-state index contributed by atoms with van der Waals surface area (Å²) in [6, 6.07) is 14.9. The van der Waals surface area contributed by atoms with Crippen molar-refractivity contribution >= 4 is 34.8 Å². The molecule has 0 radical (unpaired) electrons. The lowest BCUT2D eigenvalue weighted by Gasteiger charge is -2.13. The predicted molar refractivity (Wildman–Crippen MR) is 130 cm³/mol. The molecule has 3 rings (SSSR count). The van der Waals surface area contributed by atoms with E-state index in [0.29, 0.717) is 18.1 Å². The fraction of sp³-hybridized carbons (Fsp3) is 0.231. The normalized spacial score (nSPS) is 10.9. The molecular formula is C26H27NO4S. The molecule has 0 spiro atoms. The first-order chi connectivity index (χ1) is 15.4. The maximum atomic E-state index is 12.5. The van der Waals surface area contributed by atoms with Crippen LogP contribution in [0, 0.1) is 20.8 Å². The van der Waals surface area contributed by atoms with Crippen LogP contribution in [-0.2, 0) is 4.79 Å². The SMILES string of the molecule is CCOc1cc(/C=C/C(=O)c2cc(C)sc2C)ccc1OCC(=O)Nc1ccccc1C. The fourth-order valence-corrected chi connectivity index (χ4v) is 4.12. The van der Waals surface area contributed by atoms with Crippen LogP contribution < -0.4 is 14.8 Å². The van der Waals surface area contributed by atoms with E-state index >= 15 is 0 Å². The summed E-state index contributed by atoms with van der Waals surface area (Å²) >= 11 is 1.62. The summed E-state index contributed by atoms with van der Waals surface area (Å²) in [6.45, 7) is 8.06. The van der Waals surface area contributed by atoms with E-state index in [0.717, 1.165) is 32.1 Å². The van der Waals surface area contributed by atoms with E-state index in [4.69, 9.17) is 9.47 Å². The largest absolute Gasteiger partial charge is 0.490 e. The van der Waals surface area contributed by atoms with Crippen molar-refractivity contribution in [3.8, 4) is 11.5 Å². The maximum absolute atomic E-state index is 12.5. The summed E-state index contributed by atoms with van der Waals surface area (Å²) in [5.41, 5.74) is 3.28. The molecule has 6 heteroatoms. The zero-order valence-corrected chi connectivity index (χ0v) is 19.5. The summed E-state index contributed by atoms with van der Waals surface area (Å²) in [4.78, 5) is 26.9. The third-order valence-corrected chi connectivity index (χ3v) is 5.75. The van der Waals surface area contributed by atoms with Gasteiger partial charge in [-0.2, -0.15) is 0 Å². The molecule has 32 heavy (non-hydrogen) atoms. The van der Waals surface area contributed by atoms with Crippen molar-refractivity contribution in [1.82, 2.24) is 0 Å². The van der Waals surface area contributed by atoms with Gasteiger partial charge in [0.1, 0.15) is 0 Å². The van der Waals surface area contributed by atoms with E-state index < -0.39 is 0 Å². The molecule has 2 aromatic carbocycles. The number of ketones is 1. The Kier molecular flexibility index (Phi) is 7.84. The number of benzene rings is 2. The Morgan fingerprint density at radius 2 is 1.78 bits per heavy atom. The van der Waals surface area contributed by atoms with Gasteiger partial charge in [-0.05, 0) is 69.2 Å². The molecule has 0 aliphatic carbocycles. The van der Waals surface area contributed by atoms with Gasteiger partial charge in [0.2, 0.25) is 0 Å². The zero-order chi connectivity index (χ0) is 23.1. The molecule has 166 valence electrons. The molecule has 0 atom stereocenters. The maximum Gasteiger partial charge on any atom is 0.262 e. The van der Waals surface area contributed by atoms with Crippen molar-refractivity contribution in [3.63, 3.8) is 0 Å². The van der Waals surface area contributed by atoms with Crippen molar-refractivity contribution in [1.29, 1.82) is 0 Å². The van der Waals surface area contributed by atoms with Gasteiger partial charge in [-0.3, -0.25) is 9.59 Å². The average Bonchev–Trinajstić information content (AvgIpc) is 3.11. The number of nitrogens with one attached hydrogen (secondary N) is 1. The van der Waals surface area contributed by atoms with Gasteiger partial charge in [0, 0.05) is 21.0 Å². The molecule has 3 aromatic rings. The predicted octanol–water partition coefficient (Wildman–Crippen LogP) is 5.99. The van der Waals surface area contributed by atoms with Crippen LogP contribution in [0.3, 0.4) is 0 Å². The van der Waals surface area contributed by atoms with E-state index in [-0.39, 0.29) is 18.3 Å². The molecule has 0 saturated carbocycles. The Hall–Kier alpha value is -3.38. The number of anilines is 1. The van der Waals surface area contributed by atoms with Crippen molar-refractivity contribution in [3.05, 3.63) is 81.1 Å². The minimum absolute atomic E-state index is 0.0296. The number of allylic oxidation sites excluding steroid dienone is 1. The van der Waals surface area contributed by atoms with Crippen LogP contribution in [0.2, 0.25) is 0 Å². The molecule has 1 N–H and O–H groups in total. The number of carbonyl (C=O) groups excluding carboxylic acids is 2. The number of rotatable bonds is 9. The van der Waals surface area contributed by atoms with Gasteiger partial charge in [0.05, 0.1) is 6.61 Å². The third-order valence-electron chi connectivity index (χ3n) is 4.78. The first-order valence-corrected chi connectivity index (χ1v) is 11.2. The minimum Gasteiger partial charge on any atom is -0.490 e. The van der Waals surface area contributed by atoms with Gasteiger partial charge in [0.15, 0.2) is 23.9 Å². The number of hydrogen-bond donors (Lipinski definition) is 1. The van der Waals surface area contributed by atoms with Gasteiger partial charge in [-0.1, -0.05) is 30.3 Å². The van der Waals surface area contributed by atoms with E-state index in [2.05, 4.69) is 5.32 Å². The molecule has 0 aliphatic rings. The van der Waals surface area contributed by atoms with Crippen LogP contribution in [0.25, 0.3) is 6.08 Å².